The Morgan fingerprint density at radius 1 is 0.600 bits per heavy atom. The minimum atomic E-state index is 0. The average Bonchev–Trinajstić information content (AvgIpc) is 2.98. The van der Waals surface area contributed by atoms with Crippen molar-refractivity contribution < 1.29 is 84.3 Å². The van der Waals surface area contributed by atoms with E-state index < -0.39 is 0 Å². The Morgan fingerprint density at radius 3 is 1.28 bits per heavy atom. The van der Waals surface area contributed by atoms with Crippen LogP contribution in [0.2, 0.25) is 0 Å². The van der Waals surface area contributed by atoms with Crippen molar-refractivity contribution in [1.82, 2.24) is 9.97 Å². The summed E-state index contributed by atoms with van der Waals surface area (Å²) in [5, 5.41) is 0. The largest absolute Gasteiger partial charge is 2.00 e. The molecule has 1 aliphatic rings. The first kappa shape index (κ1) is 108. The molecule has 10 N–H and O–H groups in total. The van der Waals surface area contributed by atoms with Gasteiger partial charge in [-0.05, 0) is 98.8 Å². The van der Waals surface area contributed by atoms with E-state index >= 15 is 0 Å². The Kier molecular flexibility index (Phi) is 120. The zero-order valence-corrected chi connectivity index (χ0v) is 48.6. The molecule has 6 unspecified atom stereocenters. The molecule has 384 valence electrons. The van der Waals surface area contributed by atoms with E-state index in [1.165, 1.54) is 12.8 Å². The summed E-state index contributed by atoms with van der Waals surface area (Å²) in [6.45, 7) is 22.1. The van der Waals surface area contributed by atoms with E-state index in [2.05, 4.69) is 78.3 Å². The molecule has 1 saturated carbocycles. The summed E-state index contributed by atoms with van der Waals surface area (Å²) in [6, 6.07) is 12.8. The van der Waals surface area contributed by atoms with E-state index in [1.54, 1.807) is 6.20 Å². The van der Waals surface area contributed by atoms with Crippen LogP contribution in [0.15, 0.2) is 48.8 Å². The molecule has 1 aliphatic carbocycles. The van der Waals surface area contributed by atoms with Crippen LogP contribution >= 0.6 is 0 Å². The van der Waals surface area contributed by atoms with Crippen molar-refractivity contribution in [2.24, 2.45) is 58.3 Å². The number of hydrogen-bond acceptors (Lipinski definition) is 7. The van der Waals surface area contributed by atoms with Crippen LogP contribution in [0.25, 0.3) is 0 Å². The van der Waals surface area contributed by atoms with Gasteiger partial charge in [-0.25, -0.2) is 0 Å². The van der Waals surface area contributed by atoms with Gasteiger partial charge in [0.1, 0.15) is 6.42 Å². The van der Waals surface area contributed by atoms with E-state index in [1.807, 2.05) is 36.5 Å². The first-order valence-corrected chi connectivity index (χ1v) is 17.5. The summed E-state index contributed by atoms with van der Waals surface area (Å²) in [4.78, 5) is 8.53. The molecular formula is C49H108N7Pt4-5. The second-order valence-corrected chi connectivity index (χ2v) is 14.6. The van der Waals surface area contributed by atoms with Gasteiger partial charge >= 0.3 is 21.1 Å². The van der Waals surface area contributed by atoms with Crippen LogP contribution in [-0.2, 0) is 84.3 Å². The quantitative estimate of drug-likeness (QED) is 0.133. The molecule has 60 heavy (non-hydrogen) atoms. The molecule has 11 heteroatoms. The first-order valence-electron chi connectivity index (χ1n) is 17.5. The van der Waals surface area contributed by atoms with Gasteiger partial charge in [0.2, 0.25) is 0 Å². The van der Waals surface area contributed by atoms with Crippen LogP contribution < -0.4 is 28.7 Å². The molecule has 3 rings (SSSR count). The molecule has 0 saturated heterocycles. The van der Waals surface area contributed by atoms with Gasteiger partial charge in [0.15, 0.2) is 0 Å². The van der Waals surface area contributed by atoms with E-state index in [0.29, 0.717) is 36.3 Å². The monoisotopic (exact) mass is 1570 g/mol. The number of nitrogens with zero attached hydrogens (tertiary/aromatic N) is 2. The molecule has 7 nitrogen and oxygen atoms in total. The van der Waals surface area contributed by atoms with Gasteiger partial charge in [-0.3, -0.25) is 9.97 Å². The number of pyridine rings is 2. The minimum Gasteiger partial charge on any atom is -0.358 e. The molecule has 2 heterocycles. The molecule has 0 aromatic carbocycles. The average molecular weight is 1580 g/mol. The Labute approximate surface area is 440 Å². The van der Waals surface area contributed by atoms with Crippen molar-refractivity contribution in [3.63, 3.8) is 0 Å². The third-order valence-corrected chi connectivity index (χ3v) is 7.95. The van der Waals surface area contributed by atoms with Crippen molar-refractivity contribution in [3.8, 4) is 0 Å². The van der Waals surface area contributed by atoms with E-state index in [4.69, 9.17) is 28.7 Å². The van der Waals surface area contributed by atoms with Gasteiger partial charge in [-0.1, -0.05) is 89.8 Å². The molecule has 0 bridgehead atoms. The van der Waals surface area contributed by atoms with E-state index in [0.717, 1.165) is 61.7 Å². The maximum absolute atomic E-state index is 5.93. The first-order chi connectivity index (χ1) is 21.2. The number of aromatic nitrogens is 2. The summed E-state index contributed by atoms with van der Waals surface area (Å²) in [6.07, 6.45) is 12.6. The molecule has 0 radical (unpaired) electrons. The van der Waals surface area contributed by atoms with Crippen LogP contribution in [0.1, 0.15) is 152 Å². The maximum Gasteiger partial charge on any atom is 2.00 e. The fraction of sp³-hybridized carbons (Fsp3) is 0.612. The number of nitrogens with two attached hydrogens (primary N) is 5. The van der Waals surface area contributed by atoms with Gasteiger partial charge in [0, 0.05) is 118 Å². The smallest absolute Gasteiger partial charge is 0.358 e. The predicted molar refractivity (Wildman–Crippen MR) is 268 cm³/mol. The summed E-state index contributed by atoms with van der Waals surface area (Å²) in [7, 11) is 0. The Bertz CT molecular complexity index is 944. The van der Waals surface area contributed by atoms with E-state index in [-0.39, 0.29) is 184 Å². The van der Waals surface area contributed by atoms with Crippen LogP contribution in [0.3, 0.4) is 0 Å². The second-order valence-electron chi connectivity index (χ2n) is 14.6. The maximum atomic E-state index is 5.93. The molecule has 0 aliphatic heterocycles. The third-order valence-electron chi connectivity index (χ3n) is 7.95. The van der Waals surface area contributed by atoms with Crippen molar-refractivity contribution in [1.29, 1.82) is 0 Å². The molecule has 1 fully saturated rings. The van der Waals surface area contributed by atoms with Crippen molar-refractivity contribution >= 4 is 0 Å². The van der Waals surface area contributed by atoms with E-state index in [9.17, 15) is 0 Å². The van der Waals surface area contributed by atoms with Crippen LogP contribution in [0.5, 0.6) is 0 Å². The second kappa shape index (κ2) is 66.3. The summed E-state index contributed by atoms with van der Waals surface area (Å²) < 4.78 is 0. The topological polar surface area (TPSA) is 156 Å². The van der Waals surface area contributed by atoms with Crippen LogP contribution in [0, 0.1) is 95.9 Å². The number of hydrogen-bond donors (Lipinski definition) is 5. The van der Waals surface area contributed by atoms with Gasteiger partial charge in [-0.15, -0.1) is 0 Å². The Hall–Kier alpha value is 0.723. The summed E-state index contributed by atoms with van der Waals surface area (Å²) in [5.41, 5.74) is 31.1. The van der Waals surface area contributed by atoms with Gasteiger partial charge in [-0.2, -0.15) is 0 Å². The SMILES string of the molecule is C.C.C.CC(C)CC(CN)c1ccccn1.CC(C)CC(N)c1ccccn1.CC(C)CC1CCC(N)C(N)C1.[CH2+]CC(N)CC(C)C.[CH3-].[CH3-].[CH3-].[CH3-].[CH3-].[CH3-].[CH3-].[CH3-].[Pt+2].[Pt].[Pt].[Pt]. The standard InChI is InChI=1S/C11H18N2.C10H22N2.C10H16N2.C7H16N.3CH4.8CH3.4Pt/c1-9(2)7-10(8-12)11-5-3-4-6-13-11;1-7(2)5-8-3-4-9(11)10(12)6-8;1-8(2)7-9(11)10-5-3-4-6-12-10;1-4-7(8)5-6(2)3;;;;;;;;;;;;;;;/h3-6,9-10H,7-8,12H2,1-2H3;7-10H,3-6,11-12H2,1-2H3;3-6,8-9H,7,11H2,1-2H3;6-7H,1,4-5,8H2,2-3H3;3*1H4;8*1H3;;;;/q;;;+1;;;;8*-1;;;;+2. The fourth-order valence-corrected chi connectivity index (χ4v) is 5.67. The minimum absolute atomic E-state index is 0. The van der Waals surface area contributed by atoms with Gasteiger partial charge in [0.25, 0.3) is 0 Å². The van der Waals surface area contributed by atoms with Gasteiger partial charge in [0.05, 0.1) is 12.6 Å². The summed E-state index contributed by atoms with van der Waals surface area (Å²) >= 11 is 0. The Balaban J connectivity index is -0.0000000286. The van der Waals surface area contributed by atoms with Crippen molar-refractivity contribution in [2.45, 2.75) is 159 Å². The normalized spacial score (nSPS) is 14.9. The third kappa shape index (κ3) is 58.7. The molecule has 6 atom stereocenters. The Morgan fingerprint density at radius 2 is 1.00 bits per heavy atom. The zero-order valence-electron chi connectivity index (χ0n) is 39.5. The number of rotatable bonds is 12. The molecule has 2 aromatic rings. The zero-order chi connectivity index (χ0) is 34.4. The van der Waals surface area contributed by atoms with Gasteiger partial charge < -0.3 is 88.1 Å². The summed E-state index contributed by atoms with van der Waals surface area (Å²) in [5.74, 6) is 4.07. The van der Waals surface area contributed by atoms with Crippen molar-refractivity contribution in [3.05, 3.63) is 127 Å². The van der Waals surface area contributed by atoms with Crippen molar-refractivity contribution in [2.75, 3.05) is 6.54 Å². The molecule has 2 aromatic heterocycles. The fourth-order valence-electron chi connectivity index (χ4n) is 5.67. The van der Waals surface area contributed by atoms with Crippen LogP contribution in [0.4, 0.5) is 0 Å². The predicted octanol–water partition coefficient (Wildman–Crippen LogP) is 12.9. The molecular weight excluding hydrogens is 1470 g/mol. The molecule has 0 spiro atoms. The molecule has 0 amide bonds. The van der Waals surface area contributed by atoms with Crippen LogP contribution in [-0.4, -0.2) is 34.6 Å².